The Balaban J connectivity index is 1.87. The minimum absolute atomic E-state index is 0.227. The quantitative estimate of drug-likeness (QED) is 0.721. The molecule has 0 aliphatic carbocycles. The molecule has 3 aromatic rings. The van der Waals surface area contributed by atoms with E-state index in [1.54, 1.807) is 10.7 Å². The van der Waals surface area contributed by atoms with Gasteiger partial charge in [0, 0.05) is 15.7 Å². The van der Waals surface area contributed by atoms with Crippen molar-refractivity contribution in [1.29, 1.82) is 0 Å². The number of phenolic OH excluding ortho intramolecular Hbond substituents is 1. The number of benzene rings is 2. The van der Waals surface area contributed by atoms with Crippen molar-refractivity contribution in [2.24, 2.45) is 0 Å². The fraction of sp³-hybridized carbons (Fsp3) is 0.0588. The highest BCUT2D eigenvalue weighted by atomic mass is 79.9. The fourth-order valence-electron chi connectivity index (χ4n) is 2.70. The molecule has 1 aliphatic rings. The topological polar surface area (TPSA) is 63.0 Å². The molecular formula is C17H13BrN4O. The SMILES string of the molecule is Oc1ccc(Br)cc1C1C=C(c2ccccc2)Nc2ncnn21. The molecule has 0 saturated carbocycles. The van der Waals surface area contributed by atoms with Gasteiger partial charge in [-0.05, 0) is 29.8 Å². The molecule has 0 radical (unpaired) electrons. The summed E-state index contributed by atoms with van der Waals surface area (Å²) in [7, 11) is 0. The van der Waals surface area contributed by atoms with Crippen LogP contribution in [0.4, 0.5) is 5.95 Å². The smallest absolute Gasteiger partial charge is 0.226 e. The second-order valence-electron chi connectivity index (χ2n) is 5.25. The van der Waals surface area contributed by atoms with E-state index < -0.39 is 0 Å². The molecule has 1 aliphatic heterocycles. The Labute approximate surface area is 141 Å². The van der Waals surface area contributed by atoms with E-state index in [1.165, 1.54) is 6.33 Å². The van der Waals surface area contributed by atoms with E-state index in [9.17, 15) is 5.11 Å². The lowest BCUT2D eigenvalue weighted by Gasteiger charge is -2.25. The van der Waals surface area contributed by atoms with Crippen LogP contribution >= 0.6 is 15.9 Å². The Morgan fingerprint density at radius 3 is 2.78 bits per heavy atom. The molecule has 114 valence electrons. The van der Waals surface area contributed by atoms with Crippen molar-refractivity contribution < 1.29 is 5.11 Å². The van der Waals surface area contributed by atoms with E-state index in [4.69, 9.17) is 0 Å². The summed E-state index contributed by atoms with van der Waals surface area (Å²) in [6, 6.07) is 15.2. The summed E-state index contributed by atoms with van der Waals surface area (Å²) in [6.07, 6.45) is 3.55. The molecule has 0 saturated heterocycles. The van der Waals surface area contributed by atoms with E-state index in [0.717, 1.165) is 21.3 Å². The van der Waals surface area contributed by atoms with Crippen molar-refractivity contribution in [3.8, 4) is 5.75 Å². The summed E-state index contributed by atoms with van der Waals surface area (Å²) in [4.78, 5) is 4.27. The van der Waals surface area contributed by atoms with Crippen molar-refractivity contribution in [1.82, 2.24) is 14.8 Å². The van der Waals surface area contributed by atoms with Crippen LogP contribution in [0.5, 0.6) is 5.75 Å². The van der Waals surface area contributed by atoms with Gasteiger partial charge in [-0.25, -0.2) is 4.68 Å². The molecule has 0 spiro atoms. The fourth-order valence-corrected chi connectivity index (χ4v) is 3.08. The molecule has 2 heterocycles. The van der Waals surface area contributed by atoms with Crippen LogP contribution in [0.25, 0.3) is 5.70 Å². The largest absolute Gasteiger partial charge is 0.508 e. The highest BCUT2D eigenvalue weighted by Crippen LogP contribution is 2.36. The normalized spacial score (nSPS) is 16.4. The standard InChI is InChI=1S/C17H13BrN4O/c18-12-6-7-16(23)13(8-12)15-9-14(11-4-2-1-3-5-11)21-17-19-10-20-22(15)17/h1-10,15,23H,(H,19,20,21). The summed E-state index contributed by atoms with van der Waals surface area (Å²) < 4.78 is 2.66. The molecule has 1 aromatic heterocycles. The number of aromatic nitrogens is 3. The molecule has 0 fully saturated rings. The maximum absolute atomic E-state index is 10.3. The van der Waals surface area contributed by atoms with Gasteiger partial charge in [-0.15, -0.1) is 0 Å². The second kappa shape index (κ2) is 5.55. The van der Waals surface area contributed by atoms with Gasteiger partial charge in [0.25, 0.3) is 0 Å². The van der Waals surface area contributed by atoms with Gasteiger partial charge >= 0.3 is 0 Å². The molecule has 2 N–H and O–H groups in total. The van der Waals surface area contributed by atoms with Crippen LogP contribution in [0, 0.1) is 0 Å². The Morgan fingerprint density at radius 1 is 1.13 bits per heavy atom. The Morgan fingerprint density at radius 2 is 1.96 bits per heavy atom. The second-order valence-corrected chi connectivity index (χ2v) is 6.16. The minimum atomic E-state index is -0.235. The summed E-state index contributed by atoms with van der Waals surface area (Å²) in [5.74, 6) is 0.876. The zero-order valence-electron chi connectivity index (χ0n) is 12.0. The number of fused-ring (bicyclic) bond motifs is 1. The predicted octanol–water partition coefficient (Wildman–Crippen LogP) is 3.80. The summed E-state index contributed by atoms with van der Waals surface area (Å²) in [5, 5.41) is 17.8. The van der Waals surface area contributed by atoms with Gasteiger partial charge in [0.2, 0.25) is 5.95 Å². The zero-order chi connectivity index (χ0) is 15.8. The lowest BCUT2D eigenvalue weighted by molar-refractivity contribution is 0.457. The molecule has 5 nitrogen and oxygen atoms in total. The van der Waals surface area contributed by atoms with Gasteiger partial charge < -0.3 is 10.4 Å². The molecule has 6 heteroatoms. The van der Waals surface area contributed by atoms with E-state index in [-0.39, 0.29) is 11.8 Å². The number of hydrogen-bond acceptors (Lipinski definition) is 4. The van der Waals surface area contributed by atoms with Gasteiger partial charge in [-0.1, -0.05) is 46.3 Å². The van der Waals surface area contributed by atoms with Crippen LogP contribution in [-0.2, 0) is 0 Å². The van der Waals surface area contributed by atoms with Crippen LogP contribution in [0.15, 0.2) is 65.4 Å². The van der Waals surface area contributed by atoms with Crippen LogP contribution in [0.1, 0.15) is 17.2 Å². The Kier molecular flexibility index (Phi) is 3.38. The van der Waals surface area contributed by atoms with Crippen molar-refractivity contribution >= 4 is 27.6 Å². The number of rotatable bonds is 2. The average Bonchev–Trinajstić information content (AvgIpc) is 3.05. The number of nitrogens with one attached hydrogen (secondary N) is 1. The van der Waals surface area contributed by atoms with Gasteiger partial charge in [0.15, 0.2) is 0 Å². The molecular weight excluding hydrogens is 356 g/mol. The molecule has 0 amide bonds. The van der Waals surface area contributed by atoms with Gasteiger partial charge in [0.05, 0.1) is 0 Å². The summed E-state index contributed by atoms with van der Waals surface area (Å²) in [6.45, 7) is 0. The van der Waals surface area contributed by atoms with Crippen LogP contribution < -0.4 is 5.32 Å². The van der Waals surface area contributed by atoms with E-state index in [0.29, 0.717) is 5.95 Å². The van der Waals surface area contributed by atoms with Gasteiger partial charge in [-0.3, -0.25) is 0 Å². The highest BCUT2D eigenvalue weighted by molar-refractivity contribution is 9.10. The van der Waals surface area contributed by atoms with E-state index in [2.05, 4.69) is 31.3 Å². The first-order valence-electron chi connectivity index (χ1n) is 7.14. The van der Waals surface area contributed by atoms with Gasteiger partial charge in [0.1, 0.15) is 18.1 Å². The lowest BCUT2D eigenvalue weighted by Crippen LogP contribution is -2.20. The zero-order valence-corrected chi connectivity index (χ0v) is 13.6. The third-order valence-corrected chi connectivity index (χ3v) is 4.29. The lowest BCUT2D eigenvalue weighted by atomic mass is 10.0. The number of nitrogens with zero attached hydrogens (tertiary/aromatic N) is 3. The third kappa shape index (κ3) is 2.51. The molecule has 0 bridgehead atoms. The van der Waals surface area contributed by atoms with Crippen molar-refractivity contribution in [2.75, 3.05) is 5.32 Å². The first-order valence-corrected chi connectivity index (χ1v) is 7.94. The molecule has 4 rings (SSSR count). The summed E-state index contributed by atoms with van der Waals surface area (Å²) in [5.41, 5.74) is 2.76. The van der Waals surface area contributed by atoms with Crippen LogP contribution in [-0.4, -0.2) is 19.9 Å². The van der Waals surface area contributed by atoms with E-state index in [1.807, 2.05) is 48.5 Å². The molecule has 1 atom stereocenters. The van der Waals surface area contributed by atoms with Crippen molar-refractivity contribution in [3.05, 3.63) is 76.5 Å². The average molecular weight is 369 g/mol. The van der Waals surface area contributed by atoms with Crippen molar-refractivity contribution in [3.63, 3.8) is 0 Å². The molecule has 23 heavy (non-hydrogen) atoms. The Bertz CT molecular complexity index is 889. The highest BCUT2D eigenvalue weighted by Gasteiger charge is 2.25. The first-order chi connectivity index (χ1) is 11.2. The predicted molar refractivity (Wildman–Crippen MR) is 92.0 cm³/mol. The maximum atomic E-state index is 10.3. The number of hydrogen-bond donors (Lipinski definition) is 2. The monoisotopic (exact) mass is 368 g/mol. The maximum Gasteiger partial charge on any atom is 0.226 e. The molecule has 1 unspecified atom stereocenters. The molecule has 2 aromatic carbocycles. The number of phenols is 1. The van der Waals surface area contributed by atoms with E-state index >= 15 is 0 Å². The number of aromatic hydroxyl groups is 1. The number of allylic oxidation sites excluding steroid dienone is 1. The first kappa shape index (κ1) is 14.0. The summed E-state index contributed by atoms with van der Waals surface area (Å²) >= 11 is 3.46. The van der Waals surface area contributed by atoms with Crippen LogP contribution in [0.2, 0.25) is 0 Å². The number of halogens is 1. The Hall–Kier alpha value is -2.60. The van der Waals surface area contributed by atoms with Crippen LogP contribution in [0.3, 0.4) is 0 Å². The van der Waals surface area contributed by atoms with Crippen molar-refractivity contribution in [2.45, 2.75) is 6.04 Å². The van der Waals surface area contributed by atoms with Gasteiger partial charge in [-0.2, -0.15) is 10.1 Å². The minimum Gasteiger partial charge on any atom is -0.508 e. The number of anilines is 1. The third-order valence-electron chi connectivity index (χ3n) is 3.80.